The van der Waals surface area contributed by atoms with E-state index in [9.17, 15) is 9.59 Å². The van der Waals surface area contributed by atoms with Crippen LogP contribution in [0, 0.1) is 6.92 Å². The van der Waals surface area contributed by atoms with Gasteiger partial charge in [-0.3, -0.25) is 19.8 Å². The molecule has 29 heavy (non-hydrogen) atoms. The molecule has 0 aliphatic carbocycles. The summed E-state index contributed by atoms with van der Waals surface area (Å²) in [5, 5.41) is 15.4. The highest BCUT2D eigenvalue weighted by atomic mass is 32.1. The number of nitrogens with zero attached hydrogens (tertiary/aromatic N) is 4. The van der Waals surface area contributed by atoms with Crippen molar-refractivity contribution in [1.82, 2.24) is 20.2 Å². The predicted octanol–water partition coefficient (Wildman–Crippen LogP) is 2.86. The molecular weight excluding hydrogens is 392 g/mol. The maximum absolute atomic E-state index is 12.4. The summed E-state index contributed by atoms with van der Waals surface area (Å²) in [6.45, 7) is 2.74. The lowest BCUT2D eigenvalue weighted by Gasteiger charge is -2.22. The third kappa shape index (κ3) is 4.49. The third-order valence-corrected chi connectivity index (χ3v) is 5.52. The van der Waals surface area contributed by atoms with E-state index < -0.39 is 0 Å². The highest BCUT2D eigenvalue weighted by Gasteiger charge is 2.30. The number of benzene rings is 1. The van der Waals surface area contributed by atoms with Gasteiger partial charge in [0.15, 0.2) is 10.9 Å². The SMILES string of the molecule is Cc1nonc1NC(=O)CN1CCC[C@H]1c1csc(NC(=O)c2ccccc2)n1. The Kier molecular flexibility index (Phi) is 5.63. The van der Waals surface area contributed by atoms with E-state index in [2.05, 4.69) is 35.5 Å². The van der Waals surface area contributed by atoms with E-state index >= 15 is 0 Å². The van der Waals surface area contributed by atoms with E-state index in [0.717, 1.165) is 25.1 Å². The second-order valence-corrected chi connectivity index (χ2v) is 7.63. The van der Waals surface area contributed by atoms with Gasteiger partial charge in [0.05, 0.1) is 18.3 Å². The number of hydrogen-bond acceptors (Lipinski definition) is 8. The number of aromatic nitrogens is 3. The third-order valence-electron chi connectivity index (χ3n) is 4.74. The first-order chi connectivity index (χ1) is 14.1. The Hall–Kier alpha value is -3.11. The summed E-state index contributed by atoms with van der Waals surface area (Å²) in [5.41, 5.74) is 1.98. The van der Waals surface area contributed by atoms with E-state index in [-0.39, 0.29) is 24.4 Å². The monoisotopic (exact) mass is 412 g/mol. The van der Waals surface area contributed by atoms with E-state index in [1.165, 1.54) is 11.3 Å². The molecular formula is C19H20N6O3S. The molecule has 9 nitrogen and oxygen atoms in total. The van der Waals surface area contributed by atoms with Gasteiger partial charge in [0, 0.05) is 10.9 Å². The fourth-order valence-electron chi connectivity index (χ4n) is 3.31. The minimum atomic E-state index is -0.189. The molecule has 1 aromatic carbocycles. The van der Waals surface area contributed by atoms with E-state index in [1.807, 2.05) is 23.6 Å². The number of nitrogens with one attached hydrogen (secondary N) is 2. The van der Waals surface area contributed by atoms with E-state index in [1.54, 1.807) is 19.1 Å². The van der Waals surface area contributed by atoms with Crippen molar-refractivity contribution >= 4 is 34.1 Å². The number of rotatable bonds is 6. The van der Waals surface area contributed by atoms with Crippen LogP contribution in [0.2, 0.25) is 0 Å². The van der Waals surface area contributed by atoms with Gasteiger partial charge in [-0.05, 0) is 43.6 Å². The normalized spacial score (nSPS) is 16.7. The van der Waals surface area contributed by atoms with Gasteiger partial charge in [0.1, 0.15) is 5.69 Å². The molecule has 0 bridgehead atoms. The summed E-state index contributed by atoms with van der Waals surface area (Å²) in [5.74, 6) is -0.0282. The van der Waals surface area contributed by atoms with Crippen molar-refractivity contribution in [1.29, 1.82) is 0 Å². The molecule has 2 amide bonds. The van der Waals surface area contributed by atoms with Crippen molar-refractivity contribution < 1.29 is 14.2 Å². The number of thiazole rings is 1. The molecule has 10 heteroatoms. The standard InChI is InChI=1S/C19H20N6O3S/c1-12-17(24-28-23-12)21-16(26)10-25-9-5-8-15(25)14-11-29-19(20-14)22-18(27)13-6-3-2-4-7-13/h2-4,6-7,11,15H,5,8-10H2,1H3,(H,20,22,27)(H,21,24,26)/t15-/m0/s1. The Morgan fingerprint density at radius 1 is 1.24 bits per heavy atom. The molecule has 2 N–H and O–H groups in total. The molecule has 3 heterocycles. The summed E-state index contributed by atoms with van der Waals surface area (Å²) >= 11 is 1.39. The number of amides is 2. The first-order valence-electron chi connectivity index (χ1n) is 9.25. The first-order valence-corrected chi connectivity index (χ1v) is 10.1. The van der Waals surface area contributed by atoms with Crippen LogP contribution >= 0.6 is 11.3 Å². The fraction of sp³-hybridized carbons (Fsp3) is 0.316. The first kappa shape index (κ1) is 19.2. The Morgan fingerprint density at radius 2 is 2.07 bits per heavy atom. The van der Waals surface area contributed by atoms with Crippen LogP contribution in [0.25, 0.3) is 0 Å². The maximum Gasteiger partial charge on any atom is 0.257 e. The molecule has 0 saturated carbocycles. The van der Waals surface area contributed by atoms with Gasteiger partial charge in [-0.15, -0.1) is 11.3 Å². The lowest BCUT2D eigenvalue weighted by molar-refractivity contribution is -0.117. The van der Waals surface area contributed by atoms with Crippen molar-refractivity contribution in [3.05, 3.63) is 52.7 Å². The number of hydrogen-bond donors (Lipinski definition) is 2. The van der Waals surface area contributed by atoms with Gasteiger partial charge in [-0.1, -0.05) is 23.4 Å². The highest BCUT2D eigenvalue weighted by molar-refractivity contribution is 7.14. The molecule has 150 valence electrons. The second-order valence-electron chi connectivity index (χ2n) is 6.77. The van der Waals surface area contributed by atoms with Crippen molar-refractivity contribution in [3.8, 4) is 0 Å². The molecule has 2 aromatic heterocycles. The van der Waals surface area contributed by atoms with Crippen LogP contribution in [-0.4, -0.2) is 45.1 Å². The molecule has 0 spiro atoms. The van der Waals surface area contributed by atoms with Crippen LogP contribution in [0.15, 0.2) is 40.3 Å². The molecule has 4 rings (SSSR count). The van der Waals surface area contributed by atoms with E-state index in [4.69, 9.17) is 0 Å². The van der Waals surface area contributed by atoms with Gasteiger partial charge < -0.3 is 5.32 Å². The van der Waals surface area contributed by atoms with Gasteiger partial charge in [-0.2, -0.15) is 0 Å². The fourth-order valence-corrected chi connectivity index (χ4v) is 4.06. The maximum atomic E-state index is 12.4. The van der Waals surface area contributed by atoms with Crippen molar-refractivity contribution in [2.45, 2.75) is 25.8 Å². The largest absolute Gasteiger partial charge is 0.305 e. The number of anilines is 2. The number of carbonyl (C=O) groups excluding carboxylic acids is 2. The Bertz CT molecular complexity index is 1000. The molecule has 0 unspecified atom stereocenters. The van der Waals surface area contributed by atoms with Crippen LogP contribution in [-0.2, 0) is 4.79 Å². The van der Waals surface area contributed by atoms with Gasteiger partial charge in [-0.25, -0.2) is 9.61 Å². The average molecular weight is 412 g/mol. The Labute approximate surface area is 171 Å². The summed E-state index contributed by atoms with van der Waals surface area (Å²) in [6, 6.07) is 9.06. The molecule has 3 aromatic rings. The lowest BCUT2D eigenvalue weighted by atomic mass is 10.2. The number of likely N-dealkylation sites (tertiary alicyclic amines) is 1. The van der Waals surface area contributed by atoms with E-state index in [0.29, 0.717) is 22.2 Å². The molecule has 1 fully saturated rings. The zero-order chi connectivity index (χ0) is 20.2. The summed E-state index contributed by atoms with van der Waals surface area (Å²) in [4.78, 5) is 31.3. The molecule has 1 atom stereocenters. The smallest absolute Gasteiger partial charge is 0.257 e. The van der Waals surface area contributed by atoms with Crippen LogP contribution < -0.4 is 10.6 Å². The van der Waals surface area contributed by atoms with Crippen molar-refractivity contribution in [2.24, 2.45) is 0 Å². The van der Waals surface area contributed by atoms with Crippen LogP contribution in [0.3, 0.4) is 0 Å². The van der Waals surface area contributed by atoms with Crippen molar-refractivity contribution in [3.63, 3.8) is 0 Å². The summed E-state index contributed by atoms with van der Waals surface area (Å²) in [7, 11) is 0. The Morgan fingerprint density at radius 3 is 2.83 bits per heavy atom. The molecule has 0 radical (unpaired) electrons. The van der Waals surface area contributed by atoms with Gasteiger partial charge >= 0.3 is 0 Å². The summed E-state index contributed by atoms with van der Waals surface area (Å²) < 4.78 is 4.60. The minimum Gasteiger partial charge on any atom is -0.305 e. The van der Waals surface area contributed by atoms with Crippen LogP contribution in [0.4, 0.5) is 10.9 Å². The predicted molar refractivity (Wildman–Crippen MR) is 108 cm³/mol. The quantitative estimate of drug-likeness (QED) is 0.640. The van der Waals surface area contributed by atoms with Crippen LogP contribution in [0.1, 0.15) is 40.6 Å². The van der Waals surface area contributed by atoms with Crippen LogP contribution in [0.5, 0.6) is 0 Å². The average Bonchev–Trinajstić information content (AvgIpc) is 3.45. The lowest BCUT2D eigenvalue weighted by Crippen LogP contribution is -2.33. The Balaban J connectivity index is 1.38. The highest BCUT2D eigenvalue weighted by Crippen LogP contribution is 2.33. The van der Waals surface area contributed by atoms with Crippen molar-refractivity contribution in [2.75, 3.05) is 23.7 Å². The summed E-state index contributed by atoms with van der Waals surface area (Å²) in [6.07, 6.45) is 1.89. The molecule has 1 saturated heterocycles. The van der Waals surface area contributed by atoms with Gasteiger partial charge in [0.2, 0.25) is 5.91 Å². The second kappa shape index (κ2) is 8.50. The topological polar surface area (TPSA) is 113 Å². The number of carbonyl (C=O) groups is 2. The van der Waals surface area contributed by atoms with Gasteiger partial charge in [0.25, 0.3) is 5.91 Å². The molecule has 1 aliphatic heterocycles. The molecule has 1 aliphatic rings. The zero-order valence-corrected chi connectivity index (χ0v) is 16.6. The number of aryl methyl sites for hydroxylation is 1. The zero-order valence-electron chi connectivity index (χ0n) is 15.8. The minimum absolute atomic E-state index is 0.0379.